The molecule has 32 heavy (non-hydrogen) atoms. The second-order valence-corrected chi connectivity index (χ2v) is 8.38. The van der Waals surface area contributed by atoms with Crippen LogP contribution in [0.25, 0.3) is 17.1 Å². The minimum absolute atomic E-state index is 0.0185. The Labute approximate surface area is 189 Å². The van der Waals surface area contributed by atoms with E-state index in [2.05, 4.69) is 10.1 Å². The van der Waals surface area contributed by atoms with Crippen molar-refractivity contribution in [3.8, 4) is 17.1 Å². The van der Waals surface area contributed by atoms with Crippen LogP contribution < -0.4 is 0 Å². The van der Waals surface area contributed by atoms with Gasteiger partial charge in [-0.2, -0.15) is 0 Å². The first-order valence-electron chi connectivity index (χ1n) is 10.4. The van der Waals surface area contributed by atoms with Crippen molar-refractivity contribution >= 4 is 23.2 Å². The van der Waals surface area contributed by atoms with Crippen LogP contribution in [0, 0.1) is 0 Å². The predicted molar refractivity (Wildman–Crippen MR) is 123 cm³/mol. The first-order chi connectivity index (χ1) is 15.7. The molecular weight excluding hydrogens is 422 g/mol. The van der Waals surface area contributed by atoms with Crippen LogP contribution in [0.15, 0.2) is 78.2 Å². The highest BCUT2D eigenvalue weighted by molar-refractivity contribution is 7.12. The lowest BCUT2D eigenvalue weighted by atomic mass is 10.2. The number of amides is 2. The van der Waals surface area contributed by atoms with Gasteiger partial charge in [0.25, 0.3) is 11.8 Å². The third kappa shape index (κ3) is 3.92. The van der Waals surface area contributed by atoms with Crippen molar-refractivity contribution in [3.05, 3.63) is 88.9 Å². The lowest BCUT2D eigenvalue weighted by molar-refractivity contribution is 0.0531. The molecule has 0 atom stereocenters. The van der Waals surface area contributed by atoms with Gasteiger partial charge in [0.05, 0.1) is 10.6 Å². The van der Waals surface area contributed by atoms with E-state index in [-0.39, 0.29) is 17.6 Å². The molecule has 1 aliphatic rings. The van der Waals surface area contributed by atoms with Crippen molar-refractivity contribution in [2.24, 2.45) is 0 Å². The third-order valence-corrected chi connectivity index (χ3v) is 6.28. The number of thiophene rings is 1. The number of aromatic nitrogens is 3. The highest BCUT2D eigenvalue weighted by atomic mass is 32.1. The number of hydrogen-bond donors (Lipinski definition) is 0. The molecule has 2 aromatic carbocycles. The van der Waals surface area contributed by atoms with E-state index in [1.807, 2.05) is 78.2 Å². The molecule has 4 aromatic rings. The van der Waals surface area contributed by atoms with Crippen molar-refractivity contribution in [3.63, 3.8) is 0 Å². The zero-order valence-corrected chi connectivity index (χ0v) is 18.1. The Bertz CT molecular complexity index is 1160. The highest BCUT2D eigenvalue weighted by Gasteiger charge is 2.29. The van der Waals surface area contributed by atoms with Crippen LogP contribution >= 0.6 is 11.3 Å². The Morgan fingerprint density at radius 1 is 0.750 bits per heavy atom. The zero-order valence-electron chi connectivity index (χ0n) is 17.3. The molecule has 0 bridgehead atoms. The number of piperazine rings is 1. The fraction of sp³-hybridized carbons (Fsp3) is 0.167. The highest BCUT2D eigenvalue weighted by Crippen LogP contribution is 2.22. The Kier molecular flexibility index (Phi) is 5.51. The van der Waals surface area contributed by atoms with Crippen molar-refractivity contribution in [1.29, 1.82) is 0 Å². The molecule has 0 unspecified atom stereocenters. The van der Waals surface area contributed by atoms with Gasteiger partial charge < -0.3 is 9.80 Å². The van der Waals surface area contributed by atoms with Crippen molar-refractivity contribution in [2.75, 3.05) is 26.2 Å². The van der Waals surface area contributed by atoms with Gasteiger partial charge in [-0.3, -0.25) is 9.59 Å². The molecule has 8 heteroatoms. The number of para-hydroxylation sites is 1. The van der Waals surface area contributed by atoms with Crippen molar-refractivity contribution in [1.82, 2.24) is 24.6 Å². The van der Waals surface area contributed by atoms with Gasteiger partial charge in [0.15, 0.2) is 5.82 Å². The molecule has 5 rings (SSSR count). The van der Waals surface area contributed by atoms with Crippen LogP contribution in [0.2, 0.25) is 0 Å². The molecule has 0 spiro atoms. The molecule has 2 aromatic heterocycles. The number of carbonyl (C=O) groups excluding carboxylic acids is 2. The minimum atomic E-state index is -0.222. The molecule has 7 nitrogen and oxygen atoms in total. The van der Waals surface area contributed by atoms with Gasteiger partial charge in [0.2, 0.25) is 5.82 Å². The van der Waals surface area contributed by atoms with Gasteiger partial charge in [-0.05, 0) is 23.6 Å². The first-order valence-corrected chi connectivity index (χ1v) is 11.3. The summed E-state index contributed by atoms with van der Waals surface area (Å²) in [6.45, 7) is 1.90. The maximum absolute atomic E-state index is 13.2. The number of carbonyl (C=O) groups is 2. The summed E-state index contributed by atoms with van der Waals surface area (Å²) in [6, 6.07) is 23.1. The summed E-state index contributed by atoms with van der Waals surface area (Å²) in [6.07, 6.45) is 0. The molecule has 1 saturated heterocycles. The SMILES string of the molecule is O=C(c1nc(-c2ccccc2)n(-c2ccccc2)n1)N1CCN(C(=O)c2cccs2)CC1. The Balaban J connectivity index is 1.38. The van der Waals surface area contributed by atoms with Gasteiger partial charge in [-0.25, -0.2) is 9.67 Å². The van der Waals surface area contributed by atoms with E-state index in [4.69, 9.17) is 0 Å². The molecule has 0 N–H and O–H groups in total. The predicted octanol–water partition coefficient (Wildman–Crippen LogP) is 3.59. The van der Waals surface area contributed by atoms with Gasteiger partial charge in [-0.1, -0.05) is 54.6 Å². The van der Waals surface area contributed by atoms with E-state index in [1.165, 1.54) is 11.3 Å². The summed E-state index contributed by atoms with van der Waals surface area (Å²) in [4.78, 5) is 34.6. The smallest absolute Gasteiger partial charge is 0.293 e. The van der Waals surface area contributed by atoms with E-state index in [0.717, 1.165) is 16.1 Å². The second-order valence-electron chi connectivity index (χ2n) is 7.43. The normalized spacial score (nSPS) is 13.9. The summed E-state index contributed by atoms with van der Waals surface area (Å²) in [7, 11) is 0. The number of rotatable bonds is 4. The quantitative estimate of drug-likeness (QED) is 0.483. The molecule has 1 aliphatic heterocycles. The average Bonchev–Trinajstić information content (AvgIpc) is 3.55. The van der Waals surface area contributed by atoms with E-state index in [0.29, 0.717) is 32.0 Å². The van der Waals surface area contributed by atoms with E-state index >= 15 is 0 Å². The maximum Gasteiger partial charge on any atom is 0.293 e. The van der Waals surface area contributed by atoms with Gasteiger partial charge in [0.1, 0.15) is 0 Å². The van der Waals surface area contributed by atoms with Crippen LogP contribution in [0.4, 0.5) is 0 Å². The Morgan fingerprint density at radius 3 is 2.00 bits per heavy atom. The van der Waals surface area contributed by atoms with Crippen LogP contribution in [-0.4, -0.2) is 62.6 Å². The minimum Gasteiger partial charge on any atom is -0.334 e. The Morgan fingerprint density at radius 2 is 1.38 bits per heavy atom. The fourth-order valence-electron chi connectivity index (χ4n) is 3.74. The summed E-state index contributed by atoms with van der Waals surface area (Å²) in [5, 5.41) is 6.46. The fourth-order valence-corrected chi connectivity index (χ4v) is 4.43. The first kappa shape index (κ1) is 20.1. The molecule has 0 radical (unpaired) electrons. The summed E-state index contributed by atoms with van der Waals surface area (Å²) < 4.78 is 1.71. The molecule has 160 valence electrons. The van der Waals surface area contributed by atoms with Crippen molar-refractivity contribution in [2.45, 2.75) is 0 Å². The summed E-state index contributed by atoms with van der Waals surface area (Å²) >= 11 is 1.43. The maximum atomic E-state index is 13.2. The zero-order chi connectivity index (χ0) is 21.9. The van der Waals surface area contributed by atoms with E-state index < -0.39 is 0 Å². The topological polar surface area (TPSA) is 71.3 Å². The second kappa shape index (κ2) is 8.76. The molecule has 2 amide bonds. The summed E-state index contributed by atoms with van der Waals surface area (Å²) in [5.41, 5.74) is 1.72. The summed E-state index contributed by atoms with van der Waals surface area (Å²) in [5.74, 6) is 0.572. The van der Waals surface area contributed by atoms with Crippen LogP contribution in [-0.2, 0) is 0 Å². The largest absolute Gasteiger partial charge is 0.334 e. The lowest BCUT2D eigenvalue weighted by Gasteiger charge is -2.34. The molecule has 1 fully saturated rings. The van der Waals surface area contributed by atoms with E-state index in [9.17, 15) is 9.59 Å². The van der Waals surface area contributed by atoms with Gasteiger partial charge >= 0.3 is 0 Å². The Hall–Kier alpha value is -3.78. The van der Waals surface area contributed by atoms with Gasteiger partial charge in [0, 0.05) is 31.7 Å². The standard InChI is InChI=1S/C24H21N5O2S/c30-23(20-12-7-17-32-20)27-13-15-28(16-14-27)24(31)21-25-22(18-8-3-1-4-9-18)29(26-21)19-10-5-2-6-11-19/h1-12,17H,13-16H2. The van der Waals surface area contributed by atoms with Crippen LogP contribution in [0.3, 0.4) is 0 Å². The van der Waals surface area contributed by atoms with Crippen molar-refractivity contribution < 1.29 is 9.59 Å². The molecule has 3 heterocycles. The molecule has 0 saturated carbocycles. The number of benzene rings is 2. The van der Waals surface area contributed by atoms with E-state index in [1.54, 1.807) is 14.5 Å². The van der Waals surface area contributed by atoms with Crippen LogP contribution in [0.5, 0.6) is 0 Å². The molecule has 0 aliphatic carbocycles. The monoisotopic (exact) mass is 443 g/mol. The number of hydrogen-bond acceptors (Lipinski definition) is 5. The van der Waals surface area contributed by atoms with Crippen LogP contribution in [0.1, 0.15) is 20.3 Å². The average molecular weight is 444 g/mol. The number of nitrogens with zero attached hydrogens (tertiary/aromatic N) is 5. The molecular formula is C24H21N5O2S. The van der Waals surface area contributed by atoms with Gasteiger partial charge in [-0.15, -0.1) is 16.4 Å². The third-order valence-electron chi connectivity index (χ3n) is 5.42. The lowest BCUT2D eigenvalue weighted by Crippen LogP contribution is -2.50.